The summed E-state index contributed by atoms with van der Waals surface area (Å²) in [7, 11) is 0. The summed E-state index contributed by atoms with van der Waals surface area (Å²) in [5, 5.41) is 0. The highest BCUT2D eigenvalue weighted by Gasteiger charge is 2.35. The Hall–Kier alpha value is -3.64. The van der Waals surface area contributed by atoms with Gasteiger partial charge in [0.2, 0.25) is 0 Å². The van der Waals surface area contributed by atoms with Gasteiger partial charge in [0.05, 0.1) is 0 Å². The van der Waals surface area contributed by atoms with Crippen LogP contribution in [0, 0.1) is 20.8 Å². The van der Waals surface area contributed by atoms with Crippen molar-refractivity contribution in [1.29, 1.82) is 0 Å². The predicted molar refractivity (Wildman–Crippen MR) is 160 cm³/mol. The number of hydrogen-bond acceptors (Lipinski definition) is 0. The minimum absolute atomic E-state index is 0.0146. The molecule has 0 nitrogen and oxygen atoms in total. The molecule has 4 aromatic rings. The Balaban J connectivity index is 1.59. The van der Waals surface area contributed by atoms with Crippen LogP contribution in [0.1, 0.15) is 67.0 Å². The third kappa shape index (κ3) is 3.74. The standard InChI is InChI=1S/C37H36/c1-23-15-17-32-33-18-16-27(22-35(33)37(5,6)34(32)21-23)31-20-19-30(28-13-9-7-11-24(28)2)26(4)36(31)29-14-10-8-12-25(29)3/h8-10,12-22H,7,11H2,1-6H3. The van der Waals surface area contributed by atoms with E-state index in [1.807, 2.05) is 0 Å². The molecule has 0 N–H and O–H groups in total. The fraction of sp³-hybridized carbons (Fsp3) is 0.243. The highest BCUT2D eigenvalue weighted by Crippen LogP contribution is 2.51. The molecule has 184 valence electrons. The summed E-state index contributed by atoms with van der Waals surface area (Å²) in [4.78, 5) is 0. The Morgan fingerprint density at radius 3 is 2.08 bits per heavy atom. The molecule has 0 radical (unpaired) electrons. The topological polar surface area (TPSA) is 0 Å². The quantitative estimate of drug-likeness (QED) is 0.273. The van der Waals surface area contributed by atoms with Crippen LogP contribution < -0.4 is 0 Å². The Bertz CT molecular complexity index is 1620. The van der Waals surface area contributed by atoms with Crippen LogP contribution in [0.5, 0.6) is 0 Å². The molecule has 2 aliphatic carbocycles. The zero-order valence-electron chi connectivity index (χ0n) is 23.0. The van der Waals surface area contributed by atoms with E-state index < -0.39 is 0 Å². The minimum atomic E-state index is -0.0146. The van der Waals surface area contributed by atoms with Crippen molar-refractivity contribution in [2.24, 2.45) is 0 Å². The first-order valence-electron chi connectivity index (χ1n) is 13.6. The van der Waals surface area contributed by atoms with Gasteiger partial charge in [-0.05, 0) is 113 Å². The number of aryl methyl sites for hydroxylation is 2. The maximum absolute atomic E-state index is 2.46. The van der Waals surface area contributed by atoms with E-state index in [9.17, 15) is 0 Å². The van der Waals surface area contributed by atoms with Crippen LogP contribution in [0.3, 0.4) is 0 Å². The van der Waals surface area contributed by atoms with E-state index in [0.29, 0.717) is 0 Å². The molecule has 37 heavy (non-hydrogen) atoms. The van der Waals surface area contributed by atoms with E-state index in [1.54, 1.807) is 0 Å². The lowest BCUT2D eigenvalue weighted by Gasteiger charge is -2.24. The van der Waals surface area contributed by atoms with Gasteiger partial charge in [-0.25, -0.2) is 0 Å². The molecule has 0 bridgehead atoms. The molecule has 0 saturated heterocycles. The lowest BCUT2D eigenvalue weighted by molar-refractivity contribution is 0.660. The third-order valence-corrected chi connectivity index (χ3v) is 8.74. The van der Waals surface area contributed by atoms with E-state index in [0.717, 1.165) is 12.8 Å². The predicted octanol–water partition coefficient (Wildman–Crippen LogP) is 10.4. The van der Waals surface area contributed by atoms with Gasteiger partial charge >= 0.3 is 0 Å². The highest BCUT2D eigenvalue weighted by atomic mass is 14.4. The summed E-state index contributed by atoms with van der Waals surface area (Å²) < 4.78 is 0. The third-order valence-electron chi connectivity index (χ3n) is 8.74. The first-order valence-corrected chi connectivity index (χ1v) is 13.6. The molecule has 0 heterocycles. The molecule has 0 unspecified atom stereocenters. The first-order chi connectivity index (χ1) is 17.8. The van der Waals surface area contributed by atoms with E-state index in [-0.39, 0.29) is 5.41 Å². The second-order valence-corrected chi connectivity index (χ2v) is 11.5. The fourth-order valence-electron chi connectivity index (χ4n) is 6.56. The Labute approximate surface area is 222 Å². The van der Waals surface area contributed by atoms with Crippen molar-refractivity contribution in [1.82, 2.24) is 0 Å². The summed E-state index contributed by atoms with van der Waals surface area (Å²) in [6.07, 6.45) is 6.95. The van der Waals surface area contributed by atoms with Gasteiger partial charge in [0.25, 0.3) is 0 Å². The number of allylic oxidation sites excluding steroid dienone is 4. The molecule has 2 aliphatic rings. The lowest BCUT2D eigenvalue weighted by Crippen LogP contribution is -2.15. The van der Waals surface area contributed by atoms with Crippen molar-refractivity contribution < 1.29 is 0 Å². The van der Waals surface area contributed by atoms with E-state index in [4.69, 9.17) is 0 Å². The smallest absolute Gasteiger partial charge is 0.0159 e. The van der Waals surface area contributed by atoms with Gasteiger partial charge in [0, 0.05) is 5.41 Å². The second kappa shape index (κ2) is 8.73. The summed E-state index contributed by atoms with van der Waals surface area (Å²) >= 11 is 0. The Morgan fingerprint density at radius 2 is 1.32 bits per heavy atom. The van der Waals surface area contributed by atoms with Gasteiger partial charge in [-0.15, -0.1) is 0 Å². The molecule has 0 saturated carbocycles. The summed E-state index contributed by atoms with van der Waals surface area (Å²) in [5.74, 6) is 0. The molecule has 0 aliphatic heterocycles. The molecule has 6 rings (SSSR count). The van der Waals surface area contributed by atoms with Crippen LogP contribution in [0.15, 0.2) is 90.5 Å². The summed E-state index contributed by atoms with van der Waals surface area (Å²) in [6.45, 7) is 13.8. The van der Waals surface area contributed by atoms with Gasteiger partial charge < -0.3 is 0 Å². The molecular formula is C37H36. The van der Waals surface area contributed by atoms with Crippen LogP contribution in [0.4, 0.5) is 0 Å². The SMILES string of the molecule is CC1=C(c2ccc(-c3ccc4c(c3)C(C)(C)c3cc(C)ccc3-4)c(-c3ccccc3C)c2C)C=CCC1. The average molecular weight is 481 g/mol. The number of benzene rings is 4. The van der Waals surface area contributed by atoms with Crippen LogP contribution >= 0.6 is 0 Å². The van der Waals surface area contributed by atoms with Crippen LogP contribution in [0.25, 0.3) is 39.0 Å². The van der Waals surface area contributed by atoms with Crippen molar-refractivity contribution in [3.63, 3.8) is 0 Å². The van der Waals surface area contributed by atoms with Crippen molar-refractivity contribution in [2.75, 3.05) is 0 Å². The summed E-state index contributed by atoms with van der Waals surface area (Å²) in [5.41, 5.74) is 19.2. The molecule has 0 spiro atoms. The van der Waals surface area contributed by atoms with Crippen molar-refractivity contribution in [2.45, 2.75) is 59.8 Å². The van der Waals surface area contributed by atoms with Gasteiger partial charge in [-0.2, -0.15) is 0 Å². The largest absolute Gasteiger partial charge is 0.0836 e. The van der Waals surface area contributed by atoms with E-state index in [1.165, 1.54) is 77.9 Å². The molecule has 4 aromatic carbocycles. The Kier molecular flexibility index (Phi) is 5.60. The molecular weight excluding hydrogens is 444 g/mol. The van der Waals surface area contributed by atoms with E-state index in [2.05, 4.69) is 126 Å². The number of fused-ring (bicyclic) bond motifs is 3. The van der Waals surface area contributed by atoms with E-state index >= 15 is 0 Å². The normalized spacial score (nSPS) is 15.6. The van der Waals surface area contributed by atoms with Gasteiger partial charge in [0.15, 0.2) is 0 Å². The molecule has 0 aromatic heterocycles. The van der Waals surface area contributed by atoms with Crippen molar-refractivity contribution >= 4 is 5.57 Å². The molecule has 0 fully saturated rings. The van der Waals surface area contributed by atoms with Crippen molar-refractivity contribution in [3.05, 3.63) is 124 Å². The number of rotatable bonds is 3. The fourth-order valence-corrected chi connectivity index (χ4v) is 6.56. The second-order valence-electron chi connectivity index (χ2n) is 11.5. The zero-order chi connectivity index (χ0) is 25.9. The average Bonchev–Trinajstić information content (AvgIpc) is 3.11. The maximum atomic E-state index is 2.46. The molecule has 0 amide bonds. The molecule has 0 atom stereocenters. The number of hydrogen-bond donors (Lipinski definition) is 0. The molecule has 0 heteroatoms. The minimum Gasteiger partial charge on any atom is -0.0836 e. The first kappa shape index (κ1) is 23.7. The zero-order valence-corrected chi connectivity index (χ0v) is 23.0. The Morgan fingerprint density at radius 1 is 0.649 bits per heavy atom. The van der Waals surface area contributed by atoms with Crippen molar-refractivity contribution in [3.8, 4) is 33.4 Å². The van der Waals surface area contributed by atoms with Gasteiger partial charge in [0.1, 0.15) is 0 Å². The lowest BCUT2D eigenvalue weighted by atomic mass is 9.79. The summed E-state index contributed by atoms with van der Waals surface area (Å²) in [6, 6.07) is 27.7. The monoisotopic (exact) mass is 480 g/mol. The van der Waals surface area contributed by atoms with Gasteiger partial charge in [-0.3, -0.25) is 0 Å². The van der Waals surface area contributed by atoms with Gasteiger partial charge in [-0.1, -0.05) is 104 Å². The maximum Gasteiger partial charge on any atom is 0.0159 e. The highest BCUT2D eigenvalue weighted by molar-refractivity contribution is 5.93. The van der Waals surface area contributed by atoms with Crippen LogP contribution in [-0.2, 0) is 5.41 Å². The van der Waals surface area contributed by atoms with Crippen LogP contribution in [-0.4, -0.2) is 0 Å². The van der Waals surface area contributed by atoms with Crippen LogP contribution in [0.2, 0.25) is 0 Å².